The molecule has 3 aromatic heterocycles. The lowest BCUT2D eigenvalue weighted by Gasteiger charge is -2.16. The molecule has 2 aromatic carbocycles. The zero-order valence-corrected chi connectivity index (χ0v) is 23.7. The number of carbonyl (C=O) groups is 1. The van der Waals surface area contributed by atoms with E-state index in [1.165, 1.54) is 47.4 Å². The van der Waals surface area contributed by atoms with Crippen LogP contribution in [-0.4, -0.2) is 49.1 Å². The van der Waals surface area contributed by atoms with E-state index in [1.54, 1.807) is 0 Å². The first kappa shape index (κ1) is 32.4. The molecular formula is C28H20ClF7N7O3+. The van der Waals surface area contributed by atoms with Crippen LogP contribution in [0.25, 0.3) is 27.9 Å². The molecule has 0 aliphatic heterocycles. The minimum absolute atomic E-state index is 0.0376. The summed E-state index contributed by atoms with van der Waals surface area (Å²) in [5, 5.41) is 21.4. The van der Waals surface area contributed by atoms with E-state index < -0.39 is 48.7 Å². The Labute approximate surface area is 259 Å². The molecule has 0 saturated heterocycles. The lowest BCUT2D eigenvalue weighted by Crippen LogP contribution is -2.38. The van der Waals surface area contributed by atoms with Crippen LogP contribution in [0, 0.1) is 11.6 Å². The van der Waals surface area contributed by atoms with E-state index in [0.29, 0.717) is 26.7 Å². The van der Waals surface area contributed by atoms with Gasteiger partial charge in [0, 0.05) is 29.0 Å². The van der Waals surface area contributed by atoms with E-state index in [1.807, 2.05) is 0 Å². The maximum absolute atomic E-state index is 15.4. The van der Waals surface area contributed by atoms with Crippen molar-refractivity contribution in [3.05, 3.63) is 101 Å². The fourth-order valence-corrected chi connectivity index (χ4v) is 4.82. The van der Waals surface area contributed by atoms with Crippen LogP contribution in [0.3, 0.4) is 0 Å². The molecule has 0 aliphatic rings. The zero-order valence-electron chi connectivity index (χ0n) is 23.0. The number of pyridine rings is 1. The van der Waals surface area contributed by atoms with Crippen LogP contribution in [0.5, 0.6) is 0 Å². The van der Waals surface area contributed by atoms with Crippen molar-refractivity contribution in [1.29, 1.82) is 0 Å². The fourth-order valence-electron chi connectivity index (χ4n) is 4.67. The number of amides is 1. The van der Waals surface area contributed by atoms with Crippen molar-refractivity contribution < 1.29 is 50.2 Å². The van der Waals surface area contributed by atoms with Crippen LogP contribution in [0.1, 0.15) is 34.2 Å². The molecular weight excluding hydrogens is 651 g/mol. The van der Waals surface area contributed by atoms with Crippen LogP contribution >= 0.6 is 11.6 Å². The van der Waals surface area contributed by atoms with Gasteiger partial charge < -0.3 is 10.5 Å². The third-order valence-electron chi connectivity index (χ3n) is 6.82. The molecule has 0 bridgehead atoms. The Morgan fingerprint density at radius 1 is 1.07 bits per heavy atom. The Kier molecular flexibility index (Phi) is 8.98. The summed E-state index contributed by atoms with van der Waals surface area (Å²) < 4.78 is 102. The molecule has 5 rings (SSSR count). The van der Waals surface area contributed by atoms with Gasteiger partial charge in [-0.3, -0.25) is 14.7 Å². The Bertz CT molecular complexity index is 1910. The van der Waals surface area contributed by atoms with Crippen LogP contribution in [0.2, 0.25) is 5.02 Å². The topological polar surface area (TPSA) is 125 Å². The first-order valence-electron chi connectivity index (χ1n) is 13.0. The summed E-state index contributed by atoms with van der Waals surface area (Å²) in [6.07, 6.45) is -0.659. The third-order valence-corrected chi connectivity index (χ3v) is 7.11. The Morgan fingerprint density at radius 2 is 1.80 bits per heavy atom. The smallest absolute Gasteiger partial charge is 0.366 e. The molecule has 0 spiro atoms. The molecule has 1 unspecified atom stereocenters. The number of ether oxygens (including phenoxy) is 1. The number of aromatic nitrogens is 6. The Morgan fingerprint density at radius 3 is 2.43 bits per heavy atom. The Balaban J connectivity index is 1.54. The SMILES string of the molecule is NC(=O)c1ccc(-c2cnn(C(CCOC(F)F)c3ccc(-c4c(-n5cc(C(F)(F)F)nn5)ccc(Cl)c4F)c[n+]3O)c2)cc1F. The van der Waals surface area contributed by atoms with Gasteiger partial charge in [-0.2, -0.15) is 27.1 Å². The summed E-state index contributed by atoms with van der Waals surface area (Å²) in [4.78, 5) is 11.4. The average Bonchev–Trinajstić information content (AvgIpc) is 3.68. The highest BCUT2D eigenvalue weighted by molar-refractivity contribution is 6.31. The van der Waals surface area contributed by atoms with Crippen LogP contribution in [-0.2, 0) is 10.9 Å². The van der Waals surface area contributed by atoms with Gasteiger partial charge >= 0.3 is 12.8 Å². The molecule has 1 atom stereocenters. The van der Waals surface area contributed by atoms with Gasteiger partial charge in [-0.1, -0.05) is 22.9 Å². The van der Waals surface area contributed by atoms with Gasteiger partial charge in [0.15, 0.2) is 11.5 Å². The maximum atomic E-state index is 15.4. The van der Waals surface area contributed by atoms with Gasteiger partial charge in [0.05, 0.1) is 46.4 Å². The Hall–Kier alpha value is -5.03. The van der Waals surface area contributed by atoms with E-state index >= 15 is 4.39 Å². The number of alkyl halides is 5. The molecule has 46 heavy (non-hydrogen) atoms. The highest BCUT2D eigenvalue weighted by Crippen LogP contribution is 2.35. The molecule has 18 heteroatoms. The second kappa shape index (κ2) is 12.8. The van der Waals surface area contributed by atoms with Gasteiger partial charge in [0.2, 0.25) is 6.20 Å². The molecule has 0 saturated carbocycles. The number of rotatable bonds is 10. The van der Waals surface area contributed by atoms with Crippen molar-refractivity contribution in [2.24, 2.45) is 5.73 Å². The van der Waals surface area contributed by atoms with Crippen molar-refractivity contribution in [3.8, 4) is 27.9 Å². The zero-order chi connectivity index (χ0) is 33.3. The average molecular weight is 671 g/mol. The molecule has 3 N–H and O–H groups in total. The highest BCUT2D eigenvalue weighted by Gasteiger charge is 2.35. The number of halogens is 8. The van der Waals surface area contributed by atoms with E-state index in [2.05, 4.69) is 20.1 Å². The van der Waals surface area contributed by atoms with E-state index in [0.717, 1.165) is 18.3 Å². The summed E-state index contributed by atoms with van der Waals surface area (Å²) in [7, 11) is 0. The number of hydrogen-bond donors (Lipinski definition) is 2. The number of nitrogens with two attached hydrogens (primary N) is 1. The monoisotopic (exact) mass is 670 g/mol. The second-order valence-corrected chi connectivity index (χ2v) is 10.1. The molecule has 0 aliphatic carbocycles. The van der Waals surface area contributed by atoms with Crippen molar-refractivity contribution >= 4 is 17.5 Å². The summed E-state index contributed by atoms with van der Waals surface area (Å²) >= 11 is 5.97. The quantitative estimate of drug-likeness (QED) is 0.113. The van der Waals surface area contributed by atoms with Crippen molar-refractivity contribution in [1.82, 2.24) is 24.8 Å². The number of hydrogen-bond acceptors (Lipinski definition) is 6. The van der Waals surface area contributed by atoms with E-state index in [4.69, 9.17) is 17.3 Å². The first-order chi connectivity index (χ1) is 21.7. The maximum Gasteiger partial charge on any atom is 0.436 e. The van der Waals surface area contributed by atoms with Crippen molar-refractivity contribution in [2.75, 3.05) is 6.61 Å². The lowest BCUT2D eigenvalue weighted by atomic mass is 10.0. The molecule has 1 amide bonds. The molecule has 10 nitrogen and oxygen atoms in total. The van der Waals surface area contributed by atoms with E-state index in [-0.39, 0.29) is 39.5 Å². The number of carbonyl (C=O) groups excluding carboxylic acids is 1. The van der Waals surface area contributed by atoms with Crippen LogP contribution in [0.4, 0.5) is 30.7 Å². The van der Waals surface area contributed by atoms with Gasteiger partial charge in [0.25, 0.3) is 11.6 Å². The first-order valence-corrected chi connectivity index (χ1v) is 13.4. The standard InChI is InChI=1S/C28H19ClF7N7O3/c29-18-4-6-22(42-13-23(39-40-42)28(34,35)36)24(25(18)31)15-2-5-21(43(45)12-15)20(7-8-46-27(32)33)41-11-16(10-38-41)14-1-3-17(26(37)44)19(30)9-14/h1-6,9-13,20,27H,7-8H2,(H2-,37,44,45)/p+1. The predicted molar refractivity (Wildman–Crippen MR) is 145 cm³/mol. The summed E-state index contributed by atoms with van der Waals surface area (Å²) in [5.74, 6) is -2.88. The highest BCUT2D eigenvalue weighted by atomic mass is 35.5. The number of nitrogens with zero attached hydrogens (tertiary/aromatic N) is 6. The summed E-state index contributed by atoms with van der Waals surface area (Å²) in [6.45, 7) is -3.59. The summed E-state index contributed by atoms with van der Waals surface area (Å²) in [6, 6.07) is 7.60. The predicted octanol–water partition coefficient (Wildman–Crippen LogP) is 5.59. The molecule has 0 fully saturated rings. The van der Waals surface area contributed by atoms with Crippen LogP contribution in [0.15, 0.2) is 67.3 Å². The molecule has 3 heterocycles. The molecule has 5 aromatic rings. The fraction of sp³-hybridized carbons (Fsp3) is 0.179. The number of benzene rings is 2. The summed E-state index contributed by atoms with van der Waals surface area (Å²) in [5.41, 5.74) is 3.60. The van der Waals surface area contributed by atoms with Gasteiger partial charge in [-0.25, -0.2) is 13.5 Å². The minimum Gasteiger partial charge on any atom is -0.366 e. The molecule has 240 valence electrons. The van der Waals surface area contributed by atoms with Crippen molar-refractivity contribution in [2.45, 2.75) is 25.3 Å². The minimum atomic E-state index is -4.82. The largest absolute Gasteiger partial charge is 0.436 e. The van der Waals surface area contributed by atoms with Gasteiger partial charge in [0.1, 0.15) is 11.9 Å². The van der Waals surface area contributed by atoms with E-state index in [9.17, 15) is 36.3 Å². The molecule has 0 radical (unpaired) electrons. The van der Waals surface area contributed by atoms with Crippen LogP contribution < -0.4 is 10.5 Å². The van der Waals surface area contributed by atoms with Gasteiger partial charge in [-0.15, -0.1) is 5.10 Å². The van der Waals surface area contributed by atoms with Crippen molar-refractivity contribution in [3.63, 3.8) is 0 Å². The normalized spacial score (nSPS) is 12.5. The van der Waals surface area contributed by atoms with Gasteiger partial charge in [-0.05, 0) is 35.9 Å². The lowest BCUT2D eigenvalue weighted by molar-refractivity contribution is -0.910. The second-order valence-electron chi connectivity index (χ2n) is 9.69. The third kappa shape index (κ3) is 6.64. The number of primary amides is 1.